The lowest BCUT2D eigenvalue weighted by molar-refractivity contribution is 0.0474. The van der Waals surface area contributed by atoms with Gasteiger partial charge in [-0.1, -0.05) is 25.5 Å². The van der Waals surface area contributed by atoms with Gasteiger partial charge in [-0.25, -0.2) is 0 Å². The zero-order chi connectivity index (χ0) is 14.4. The van der Waals surface area contributed by atoms with Crippen LogP contribution in [0.15, 0.2) is 24.3 Å². The molecule has 1 saturated heterocycles. The number of rotatable bonds is 5. The molecule has 0 spiro atoms. The maximum atomic E-state index is 12.6. The molecular weight excluding hydrogens is 252 g/mol. The molecule has 0 saturated carbocycles. The van der Waals surface area contributed by atoms with E-state index in [9.17, 15) is 9.90 Å². The van der Waals surface area contributed by atoms with E-state index >= 15 is 0 Å². The third-order valence-electron chi connectivity index (χ3n) is 3.69. The highest BCUT2D eigenvalue weighted by Crippen LogP contribution is 2.20. The van der Waals surface area contributed by atoms with Crippen LogP contribution < -0.4 is 5.32 Å². The Morgan fingerprint density at radius 2 is 2.25 bits per heavy atom. The van der Waals surface area contributed by atoms with E-state index in [4.69, 9.17) is 0 Å². The number of amides is 1. The van der Waals surface area contributed by atoms with Gasteiger partial charge in [0.25, 0.3) is 5.91 Å². The molecule has 1 atom stereocenters. The predicted octanol–water partition coefficient (Wildman–Crippen LogP) is 2.50. The Morgan fingerprint density at radius 1 is 1.45 bits per heavy atom. The minimum atomic E-state index is -0.382. The largest absolute Gasteiger partial charge is 0.391 e. The van der Waals surface area contributed by atoms with Gasteiger partial charge in [-0.2, -0.15) is 0 Å². The van der Waals surface area contributed by atoms with Gasteiger partial charge >= 0.3 is 0 Å². The number of piperidine rings is 1. The Bertz CT molecular complexity index is 448. The monoisotopic (exact) mass is 276 g/mol. The zero-order valence-corrected chi connectivity index (χ0v) is 12.1. The van der Waals surface area contributed by atoms with Crippen molar-refractivity contribution in [2.75, 3.05) is 25.0 Å². The third kappa shape index (κ3) is 3.73. The summed E-state index contributed by atoms with van der Waals surface area (Å²) in [4.78, 5) is 14.3. The molecule has 0 bridgehead atoms. The average molecular weight is 276 g/mol. The van der Waals surface area contributed by atoms with Crippen molar-refractivity contribution in [1.82, 2.24) is 4.90 Å². The van der Waals surface area contributed by atoms with E-state index in [2.05, 4.69) is 12.2 Å². The highest BCUT2D eigenvalue weighted by molar-refractivity contribution is 5.99. The fourth-order valence-electron chi connectivity index (χ4n) is 2.53. The molecular formula is C16H24N2O2. The summed E-state index contributed by atoms with van der Waals surface area (Å²) in [6.07, 6.45) is 3.50. The number of aliphatic hydroxyl groups is 1. The number of hydrogen-bond donors (Lipinski definition) is 2. The van der Waals surface area contributed by atoms with Crippen molar-refractivity contribution < 1.29 is 9.90 Å². The normalized spacial score (nSPS) is 18.9. The summed E-state index contributed by atoms with van der Waals surface area (Å²) in [6.45, 7) is 4.21. The summed E-state index contributed by atoms with van der Waals surface area (Å²) in [7, 11) is 0. The molecule has 1 fully saturated rings. The second-order valence-electron chi connectivity index (χ2n) is 5.37. The first-order chi connectivity index (χ1) is 9.72. The van der Waals surface area contributed by atoms with Crippen LogP contribution >= 0.6 is 0 Å². The quantitative estimate of drug-likeness (QED) is 0.812. The van der Waals surface area contributed by atoms with Crippen molar-refractivity contribution >= 4 is 11.6 Å². The predicted molar refractivity (Wildman–Crippen MR) is 81.0 cm³/mol. The summed E-state index contributed by atoms with van der Waals surface area (Å²) < 4.78 is 0. The lowest BCUT2D eigenvalue weighted by Gasteiger charge is -2.30. The zero-order valence-electron chi connectivity index (χ0n) is 12.1. The maximum Gasteiger partial charge on any atom is 0.256 e. The number of likely N-dealkylation sites (tertiary alicyclic amines) is 1. The van der Waals surface area contributed by atoms with Crippen molar-refractivity contribution in [3.63, 3.8) is 0 Å². The molecule has 1 aromatic carbocycles. The molecule has 1 unspecified atom stereocenters. The van der Waals surface area contributed by atoms with Gasteiger partial charge in [0.2, 0.25) is 0 Å². The van der Waals surface area contributed by atoms with E-state index in [1.54, 1.807) is 4.90 Å². The highest BCUT2D eigenvalue weighted by atomic mass is 16.3. The van der Waals surface area contributed by atoms with Crippen LogP contribution in [0.2, 0.25) is 0 Å². The van der Waals surface area contributed by atoms with Gasteiger partial charge < -0.3 is 15.3 Å². The number of anilines is 1. The number of nitrogens with one attached hydrogen (secondary N) is 1. The summed E-state index contributed by atoms with van der Waals surface area (Å²) in [5, 5.41) is 13.0. The van der Waals surface area contributed by atoms with E-state index in [-0.39, 0.29) is 12.0 Å². The Morgan fingerprint density at radius 3 is 3.00 bits per heavy atom. The molecule has 1 aliphatic rings. The first kappa shape index (κ1) is 14.9. The molecule has 2 N–H and O–H groups in total. The number of β-amino-alcohol motifs (C(OH)–C–C–N with tert-alkyl or cyclic N) is 1. The van der Waals surface area contributed by atoms with E-state index in [0.717, 1.165) is 44.5 Å². The van der Waals surface area contributed by atoms with Crippen molar-refractivity contribution in [2.24, 2.45) is 0 Å². The molecule has 0 aromatic heterocycles. The van der Waals surface area contributed by atoms with Gasteiger partial charge in [0.15, 0.2) is 0 Å². The SMILES string of the molecule is CCCCNc1ccccc1C(=O)N1CCCC(O)C1. The number of carbonyl (C=O) groups is 1. The maximum absolute atomic E-state index is 12.6. The number of nitrogens with zero attached hydrogens (tertiary/aromatic N) is 1. The number of para-hydroxylation sites is 1. The molecule has 1 aromatic rings. The Labute approximate surface area is 120 Å². The van der Waals surface area contributed by atoms with Crippen molar-refractivity contribution in [3.8, 4) is 0 Å². The van der Waals surface area contributed by atoms with Gasteiger partial charge in [-0.05, 0) is 31.4 Å². The van der Waals surface area contributed by atoms with Crippen molar-refractivity contribution in [3.05, 3.63) is 29.8 Å². The number of unbranched alkanes of at least 4 members (excludes halogenated alkanes) is 1. The minimum Gasteiger partial charge on any atom is -0.391 e. The van der Waals surface area contributed by atoms with Crippen LogP contribution in [0.1, 0.15) is 43.0 Å². The fraction of sp³-hybridized carbons (Fsp3) is 0.562. The van der Waals surface area contributed by atoms with Crippen LogP contribution in [-0.4, -0.2) is 41.7 Å². The molecule has 1 aliphatic heterocycles. The number of aliphatic hydroxyl groups excluding tert-OH is 1. The van der Waals surface area contributed by atoms with E-state index < -0.39 is 0 Å². The molecule has 0 radical (unpaired) electrons. The van der Waals surface area contributed by atoms with Crippen molar-refractivity contribution in [1.29, 1.82) is 0 Å². The van der Waals surface area contributed by atoms with Crippen LogP contribution in [0.25, 0.3) is 0 Å². The van der Waals surface area contributed by atoms with Crippen LogP contribution in [0, 0.1) is 0 Å². The number of benzene rings is 1. The standard InChI is InChI=1S/C16H24N2O2/c1-2-3-10-17-15-9-5-4-8-14(15)16(20)18-11-6-7-13(19)12-18/h4-5,8-9,13,17,19H,2-3,6-7,10-12H2,1H3. The van der Waals surface area contributed by atoms with Gasteiger partial charge in [-0.3, -0.25) is 4.79 Å². The number of carbonyl (C=O) groups excluding carboxylic acids is 1. The first-order valence-corrected chi connectivity index (χ1v) is 7.52. The highest BCUT2D eigenvalue weighted by Gasteiger charge is 2.24. The second kappa shape index (κ2) is 7.29. The van der Waals surface area contributed by atoms with Gasteiger partial charge in [0.05, 0.1) is 11.7 Å². The molecule has 1 amide bonds. The topological polar surface area (TPSA) is 52.6 Å². The molecule has 2 rings (SSSR count). The van der Waals surface area contributed by atoms with Crippen molar-refractivity contribution in [2.45, 2.75) is 38.7 Å². The minimum absolute atomic E-state index is 0.0170. The van der Waals surface area contributed by atoms with Gasteiger partial charge in [0.1, 0.15) is 0 Å². The van der Waals surface area contributed by atoms with E-state index in [1.165, 1.54) is 0 Å². The molecule has 1 heterocycles. The lowest BCUT2D eigenvalue weighted by atomic mass is 10.1. The summed E-state index contributed by atoms with van der Waals surface area (Å²) in [5.74, 6) is 0.0170. The number of hydrogen-bond acceptors (Lipinski definition) is 3. The van der Waals surface area contributed by atoms with Gasteiger partial charge in [0, 0.05) is 25.3 Å². The Hall–Kier alpha value is -1.55. The smallest absolute Gasteiger partial charge is 0.256 e. The van der Waals surface area contributed by atoms with Gasteiger partial charge in [-0.15, -0.1) is 0 Å². The Kier molecular flexibility index (Phi) is 5.41. The average Bonchev–Trinajstić information content (AvgIpc) is 2.47. The first-order valence-electron chi connectivity index (χ1n) is 7.52. The summed E-state index contributed by atoms with van der Waals surface area (Å²) in [6, 6.07) is 7.63. The lowest BCUT2D eigenvalue weighted by Crippen LogP contribution is -2.42. The summed E-state index contributed by atoms with van der Waals surface area (Å²) >= 11 is 0. The second-order valence-corrected chi connectivity index (χ2v) is 5.37. The summed E-state index contributed by atoms with van der Waals surface area (Å²) in [5.41, 5.74) is 1.60. The molecule has 110 valence electrons. The van der Waals surface area contributed by atoms with Crippen LogP contribution in [0.5, 0.6) is 0 Å². The molecule has 0 aliphatic carbocycles. The molecule has 20 heavy (non-hydrogen) atoms. The van der Waals surface area contributed by atoms with E-state index in [0.29, 0.717) is 12.1 Å². The van der Waals surface area contributed by atoms with E-state index in [1.807, 2.05) is 24.3 Å². The van der Waals surface area contributed by atoms with Crippen LogP contribution in [0.3, 0.4) is 0 Å². The Balaban J connectivity index is 2.08. The molecule has 4 nitrogen and oxygen atoms in total. The third-order valence-corrected chi connectivity index (χ3v) is 3.69. The van der Waals surface area contributed by atoms with Crippen LogP contribution in [-0.2, 0) is 0 Å². The van der Waals surface area contributed by atoms with Crippen LogP contribution in [0.4, 0.5) is 5.69 Å². The molecule has 4 heteroatoms. The fourth-order valence-corrected chi connectivity index (χ4v) is 2.53.